The normalized spacial score (nSPS) is 13.2. The molecule has 70 valence electrons. The van der Waals surface area contributed by atoms with E-state index in [1.165, 1.54) is 5.56 Å². The number of rotatable bonds is 3. The maximum atomic E-state index is 2.20. The average molecular weight is 175 g/mol. The van der Waals surface area contributed by atoms with Gasteiger partial charge in [0.2, 0.25) is 0 Å². The van der Waals surface area contributed by atoms with Crippen molar-refractivity contribution in [2.45, 2.75) is 19.9 Å². The van der Waals surface area contributed by atoms with Crippen LogP contribution in [0.25, 0.3) is 0 Å². The molecule has 0 unspecified atom stereocenters. The molecule has 0 radical (unpaired) electrons. The summed E-state index contributed by atoms with van der Waals surface area (Å²) in [5, 5.41) is 0. The van der Waals surface area contributed by atoms with E-state index in [0.29, 0.717) is 6.04 Å². The van der Waals surface area contributed by atoms with Crippen molar-refractivity contribution in [2.24, 2.45) is 0 Å². The van der Waals surface area contributed by atoms with Gasteiger partial charge in [-0.05, 0) is 25.6 Å². The van der Waals surface area contributed by atoms with E-state index in [1.807, 2.05) is 13.0 Å². The van der Waals surface area contributed by atoms with Crippen LogP contribution in [-0.2, 0) is 0 Å². The molecule has 0 aliphatic carbocycles. The number of hydrogen-bond donors (Lipinski definition) is 0. The van der Waals surface area contributed by atoms with E-state index in [9.17, 15) is 0 Å². The van der Waals surface area contributed by atoms with Crippen LogP contribution >= 0.6 is 0 Å². The second kappa shape index (κ2) is 4.70. The molecule has 0 amide bonds. The van der Waals surface area contributed by atoms with Gasteiger partial charge in [-0.15, -0.1) is 0 Å². The number of benzene rings is 1. The molecule has 1 rings (SSSR count). The van der Waals surface area contributed by atoms with E-state index in [0.717, 1.165) is 0 Å². The molecule has 0 fully saturated rings. The smallest absolute Gasteiger partial charge is 0.0505 e. The van der Waals surface area contributed by atoms with Gasteiger partial charge >= 0.3 is 0 Å². The first-order chi connectivity index (χ1) is 6.25. The molecule has 1 aromatic carbocycles. The molecule has 0 aliphatic heterocycles. The van der Waals surface area contributed by atoms with E-state index in [-0.39, 0.29) is 0 Å². The van der Waals surface area contributed by atoms with Crippen LogP contribution in [0.3, 0.4) is 0 Å². The molecule has 1 nitrogen and oxygen atoms in total. The molecule has 0 aromatic heterocycles. The minimum Gasteiger partial charge on any atom is -0.374 e. The van der Waals surface area contributed by atoms with Crippen molar-refractivity contribution in [1.82, 2.24) is 4.90 Å². The zero-order valence-electron chi connectivity index (χ0n) is 8.57. The van der Waals surface area contributed by atoms with Gasteiger partial charge < -0.3 is 4.90 Å². The lowest BCUT2D eigenvalue weighted by Gasteiger charge is -2.23. The molecule has 0 saturated heterocycles. The van der Waals surface area contributed by atoms with Crippen LogP contribution in [-0.4, -0.2) is 11.9 Å². The molecule has 1 atom stereocenters. The van der Waals surface area contributed by atoms with Gasteiger partial charge in [-0.3, -0.25) is 0 Å². The second-order valence-electron chi connectivity index (χ2n) is 3.23. The van der Waals surface area contributed by atoms with Crippen molar-refractivity contribution in [3.8, 4) is 0 Å². The predicted octanol–water partition coefficient (Wildman–Crippen LogP) is 3.21. The van der Waals surface area contributed by atoms with Gasteiger partial charge in [0, 0.05) is 7.05 Å². The largest absolute Gasteiger partial charge is 0.374 e. The molecule has 0 heterocycles. The van der Waals surface area contributed by atoms with E-state index >= 15 is 0 Å². The summed E-state index contributed by atoms with van der Waals surface area (Å²) in [6.45, 7) is 4.24. The van der Waals surface area contributed by atoms with Gasteiger partial charge in [0.15, 0.2) is 0 Å². The van der Waals surface area contributed by atoms with Gasteiger partial charge in [0.1, 0.15) is 0 Å². The first-order valence-corrected chi connectivity index (χ1v) is 4.65. The van der Waals surface area contributed by atoms with Gasteiger partial charge in [0.05, 0.1) is 6.04 Å². The highest BCUT2D eigenvalue weighted by molar-refractivity contribution is 5.18. The molecule has 1 heteroatoms. The zero-order chi connectivity index (χ0) is 9.68. The Bertz CT molecular complexity index is 264. The van der Waals surface area contributed by atoms with Gasteiger partial charge in [-0.2, -0.15) is 0 Å². The Kier molecular flexibility index (Phi) is 3.56. The Hall–Kier alpha value is -1.24. The highest BCUT2D eigenvalue weighted by atomic mass is 15.1. The van der Waals surface area contributed by atoms with Crippen LogP contribution in [0.2, 0.25) is 0 Å². The predicted molar refractivity (Wildman–Crippen MR) is 57.4 cm³/mol. The topological polar surface area (TPSA) is 3.24 Å². The van der Waals surface area contributed by atoms with Crippen LogP contribution in [0, 0.1) is 0 Å². The second-order valence-corrected chi connectivity index (χ2v) is 3.23. The minimum absolute atomic E-state index is 0.442. The average Bonchev–Trinajstić information content (AvgIpc) is 2.18. The van der Waals surface area contributed by atoms with E-state index < -0.39 is 0 Å². The molecule has 13 heavy (non-hydrogen) atoms. The molecule has 0 saturated carbocycles. The zero-order valence-corrected chi connectivity index (χ0v) is 8.57. The fourth-order valence-electron chi connectivity index (χ4n) is 1.33. The lowest BCUT2D eigenvalue weighted by Crippen LogP contribution is -2.15. The van der Waals surface area contributed by atoms with Crippen molar-refractivity contribution in [2.75, 3.05) is 7.05 Å². The van der Waals surface area contributed by atoms with Gasteiger partial charge in [0.25, 0.3) is 0 Å². The number of hydrogen-bond acceptors (Lipinski definition) is 1. The molecular formula is C12H17N. The van der Waals surface area contributed by atoms with E-state index in [1.54, 1.807) is 0 Å². The van der Waals surface area contributed by atoms with Crippen molar-refractivity contribution < 1.29 is 0 Å². The Balaban J connectivity index is 2.73. The van der Waals surface area contributed by atoms with Crippen LogP contribution < -0.4 is 0 Å². The fraction of sp³-hybridized carbons (Fsp3) is 0.333. The Labute approximate surface area is 80.7 Å². The third-order valence-corrected chi connectivity index (χ3v) is 2.28. The Morgan fingerprint density at radius 1 is 1.23 bits per heavy atom. The van der Waals surface area contributed by atoms with Crippen LogP contribution in [0.5, 0.6) is 0 Å². The first kappa shape index (κ1) is 9.85. The molecule has 0 aliphatic rings. The third-order valence-electron chi connectivity index (χ3n) is 2.28. The van der Waals surface area contributed by atoms with Gasteiger partial charge in [-0.25, -0.2) is 0 Å². The lowest BCUT2D eigenvalue weighted by molar-refractivity contribution is 0.361. The SMILES string of the molecule is C/C=C/N(C)[C@@H](C)c1ccccc1. The summed E-state index contributed by atoms with van der Waals surface area (Å²) in [6.07, 6.45) is 4.15. The maximum absolute atomic E-state index is 2.20. The summed E-state index contributed by atoms with van der Waals surface area (Å²) in [4.78, 5) is 2.20. The summed E-state index contributed by atoms with van der Waals surface area (Å²) in [7, 11) is 2.09. The van der Waals surface area contributed by atoms with Crippen molar-refractivity contribution in [3.05, 3.63) is 48.2 Å². The van der Waals surface area contributed by atoms with Crippen molar-refractivity contribution >= 4 is 0 Å². The standard InChI is InChI=1S/C12H17N/c1-4-10-13(3)11(2)12-8-6-5-7-9-12/h4-11H,1-3H3/b10-4+/t11-/m0/s1. The molecule has 1 aromatic rings. The maximum Gasteiger partial charge on any atom is 0.0505 e. The summed E-state index contributed by atoms with van der Waals surface area (Å²) in [6, 6.07) is 11.0. The van der Waals surface area contributed by atoms with Crippen molar-refractivity contribution in [3.63, 3.8) is 0 Å². The molecule has 0 N–H and O–H groups in total. The molecule has 0 bridgehead atoms. The van der Waals surface area contributed by atoms with Crippen molar-refractivity contribution in [1.29, 1.82) is 0 Å². The van der Waals surface area contributed by atoms with Crippen LogP contribution in [0.4, 0.5) is 0 Å². The monoisotopic (exact) mass is 175 g/mol. The van der Waals surface area contributed by atoms with Gasteiger partial charge in [-0.1, -0.05) is 36.4 Å². The highest BCUT2D eigenvalue weighted by Gasteiger charge is 2.06. The summed E-state index contributed by atoms with van der Waals surface area (Å²) >= 11 is 0. The number of allylic oxidation sites excluding steroid dienone is 1. The minimum atomic E-state index is 0.442. The van der Waals surface area contributed by atoms with E-state index in [2.05, 4.69) is 55.4 Å². The highest BCUT2D eigenvalue weighted by Crippen LogP contribution is 2.17. The molecule has 0 spiro atoms. The van der Waals surface area contributed by atoms with E-state index in [4.69, 9.17) is 0 Å². The Morgan fingerprint density at radius 2 is 1.85 bits per heavy atom. The third kappa shape index (κ3) is 2.62. The quantitative estimate of drug-likeness (QED) is 0.681. The van der Waals surface area contributed by atoms with Crippen LogP contribution in [0.1, 0.15) is 25.5 Å². The lowest BCUT2D eigenvalue weighted by atomic mass is 10.1. The Morgan fingerprint density at radius 3 is 2.38 bits per heavy atom. The summed E-state index contributed by atoms with van der Waals surface area (Å²) in [5.41, 5.74) is 1.35. The summed E-state index contributed by atoms with van der Waals surface area (Å²) in [5.74, 6) is 0. The first-order valence-electron chi connectivity index (χ1n) is 4.65. The fourth-order valence-corrected chi connectivity index (χ4v) is 1.33. The van der Waals surface area contributed by atoms with Crippen LogP contribution in [0.15, 0.2) is 42.6 Å². The number of nitrogens with zero attached hydrogens (tertiary/aromatic N) is 1. The molecular weight excluding hydrogens is 158 g/mol. The summed E-state index contributed by atoms with van der Waals surface area (Å²) < 4.78 is 0.